The van der Waals surface area contributed by atoms with E-state index in [1.165, 1.54) is 0 Å². The van der Waals surface area contributed by atoms with Gasteiger partial charge >= 0.3 is 0 Å². The molecule has 1 aliphatic rings. The van der Waals surface area contributed by atoms with Crippen LogP contribution in [0.3, 0.4) is 0 Å². The highest BCUT2D eigenvalue weighted by Gasteiger charge is 2.18. The molecule has 0 aliphatic carbocycles. The normalized spacial score (nSPS) is 17.9. The molecule has 6 heteroatoms. The van der Waals surface area contributed by atoms with E-state index >= 15 is 0 Å². The Hall–Kier alpha value is -1.02. The third-order valence-electron chi connectivity index (χ3n) is 3.57. The molecule has 1 heterocycles. The molecule has 124 valence electrons. The molecule has 2 rings (SSSR count). The summed E-state index contributed by atoms with van der Waals surface area (Å²) in [5.74, 6) is 1.76. The second-order valence-corrected chi connectivity index (χ2v) is 5.45. The zero-order valence-electron chi connectivity index (χ0n) is 13.3. The van der Waals surface area contributed by atoms with E-state index in [4.69, 9.17) is 4.74 Å². The number of benzene rings is 1. The van der Waals surface area contributed by atoms with E-state index in [0.29, 0.717) is 12.5 Å². The Balaban J connectivity index is 0.00000242. The Morgan fingerprint density at radius 1 is 1.50 bits per heavy atom. The van der Waals surface area contributed by atoms with Crippen LogP contribution < -0.4 is 5.32 Å². The minimum absolute atomic E-state index is 0. The highest BCUT2D eigenvalue weighted by molar-refractivity contribution is 14.0. The summed E-state index contributed by atoms with van der Waals surface area (Å²) >= 11 is 0. The molecule has 0 aromatic heterocycles. The average Bonchev–Trinajstić information content (AvgIpc) is 2.96. The van der Waals surface area contributed by atoms with E-state index in [9.17, 15) is 5.11 Å². The molecule has 0 spiro atoms. The summed E-state index contributed by atoms with van der Waals surface area (Å²) in [6.45, 7) is 6.13. The lowest BCUT2D eigenvalue weighted by Gasteiger charge is -2.24. The van der Waals surface area contributed by atoms with Crippen molar-refractivity contribution in [3.05, 3.63) is 29.8 Å². The average molecular weight is 419 g/mol. The second-order valence-electron chi connectivity index (χ2n) is 5.45. The van der Waals surface area contributed by atoms with Gasteiger partial charge in [-0.15, -0.1) is 24.0 Å². The molecule has 0 bridgehead atoms. The van der Waals surface area contributed by atoms with Gasteiger partial charge in [0.1, 0.15) is 5.75 Å². The number of ether oxygens (including phenoxy) is 1. The lowest BCUT2D eigenvalue weighted by Crippen LogP contribution is -2.41. The van der Waals surface area contributed by atoms with Gasteiger partial charge in [0.25, 0.3) is 0 Å². The van der Waals surface area contributed by atoms with Gasteiger partial charge in [0.05, 0.1) is 13.2 Å². The molecule has 2 N–H and O–H groups in total. The third kappa shape index (κ3) is 6.00. The van der Waals surface area contributed by atoms with Gasteiger partial charge in [-0.25, -0.2) is 4.99 Å². The van der Waals surface area contributed by atoms with Crippen molar-refractivity contribution in [3.63, 3.8) is 0 Å². The van der Waals surface area contributed by atoms with Crippen LogP contribution in [0.15, 0.2) is 29.3 Å². The van der Waals surface area contributed by atoms with Gasteiger partial charge < -0.3 is 20.1 Å². The van der Waals surface area contributed by atoms with Crippen LogP contribution in [0.2, 0.25) is 0 Å². The summed E-state index contributed by atoms with van der Waals surface area (Å²) in [7, 11) is 2.06. The number of phenols is 1. The second kappa shape index (κ2) is 9.89. The van der Waals surface area contributed by atoms with Crippen molar-refractivity contribution in [2.24, 2.45) is 10.9 Å². The topological polar surface area (TPSA) is 57.1 Å². The summed E-state index contributed by atoms with van der Waals surface area (Å²) in [6.07, 6.45) is 1.12. The Kier molecular flexibility index (Phi) is 8.55. The van der Waals surface area contributed by atoms with Crippen LogP contribution in [0.4, 0.5) is 0 Å². The fraction of sp³-hybridized carbons (Fsp3) is 0.562. The van der Waals surface area contributed by atoms with Crippen molar-refractivity contribution in [3.8, 4) is 5.75 Å². The maximum absolute atomic E-state index is 9.49. The van der Waals surface area contributed by atoms with Gasteiger partial charge in [0, 0.05) is 32.7 Å². The molecule has 0 radical (unpaired) electrons. The molecular weight excluding hydrogens is 393 g/mol. The lowest BCUT2D eigenvalue weighted by atomic mass is 10.1. The molecule has 1 unspecified atom stereocenters. The van der Waals surface area contributed by atoms with Crippen LogP contribution in [-0.2, 0) is 11.3 Å². The van der Waals surface area contributed by atoms with Crippen LogP contribution in [0.25, 0.3) is 0 Å². The molecule has 1 aromatic rings. The van der Waals surface area contributed by atoms with Crippen LogP contribution in [-0.4, -0.2) is 49.3 Å². The van der Waals surface area contributed by atoms with Gasteiger partial charge in [-0.2, -0.15) is 0 Å². The van der Waals surface area contributed by atoms with Crippen molar-refractivity contribution in [2.45, 2.75) is 19.9 Å². The summed E-state index contributed by atoms with van der Waals surface area (Å²) < 4.78 is 5.43. The minimum Gasteiger partial charge on any atom is -0.508 e. The smallest absolute Gasteiger partial charge is 0.193 e. The van der Waals surface area contributed by atoms with E-state index in [1.807, 2.05) is 12.1 Å². The number of aliphatic imine (C=N–C) groups is 1. The van der Waals surface area contributed by atoms with Crippen molar-refractivity contribution in [1.29, 1.82) is 0 Å². The summed E-state index contributed by atoms with van der Waals surface area (Å²) in [6, 6.07) is 7.23. The molecule has 1 aromatic carbocycles. The van der Waals surface area contributed by atoms with E-state index in [2.05, 4.69) is 29.2 Å². The van der Waals surface area contributed by atoms with Gasteiger partial charge in [0.15, 0.2) is 5.96 Å². The van der Waals surface area contributed by atoms with E-state index < -0.39 is 0 Å². The molecule has 1 atom stereocenters. The van der Waals surface area contributed by atoms with E-state index in [1.54, 1.807) is 12.1 Å². The minimum atomic E-state index is 0. The van der Waals surface area contributed by atoms with Crippen LogP contribution in [0.1, 0.15) is 18.9 Å². The quantitative estimate of drug-likeness (QED) is 0.438. The number of nitrogens with zero attached hydrogens (tertiary/aromatic N) is 2. The highest BCUT2D eigenvalue weighted by Crippen LogP contribution is 2.14. The predicted octanol–water partition coefficient (Wildman–Crippen LogP) is 2.44. The lowest BCUT2D eigenvalue weighted by molar-refractivity contribution is 0.181. The fourth-order valence-corrected chi connectivity index (χ4v) is 2.49. The predicted molar refractivity (Wildman–Crippen MR) is 99.9 cm³/mol. The number of aromatic hydroxyl groups is 1. The van der Waals surface area contributed by atoms with Gasteiger partial charge in [-0.05, 0) is 31.0 Å². The van der Waals surface area contributed by atoms with E-state index in [0.717, 1.165) is 44.2 Å². The fourth-order valence-electron chi connectivity index (χ4n) is 2.49. The first-order chi connectivity index (χ1) is 10.2. The highest BCUT2D eigenvalue weighted by atomic mass is 127. The van der Waals surface area contributed by atoms with Crippen LogP contribution >= 0.6 is 24.0 Å². The molecular formula is C16H26IN3O2. The Morgan fingerprint density at radius 2 is 2.32 bits per heavy atom. The molecule has 0 saturated carbocycles. The zero-order valence-corrected chi connectivity index (χ0v) is 15.6. The first kappa shape index (κ1) is 19.0. The Morgan fingerprint density at radius 3 is 2.95 bits per heavy atom. The zero-order chi connectivity index (χ0) is 15.1. The first-order valence-corrected chi connectivity index (χ1v) is 7.54. The summed E-state index contributed by atoms with van der Waals surface area (Å²) in [5.41, 5.74) is 1.00. The standard InChI is InChI=1S/C16H25N3O2.HI/c1-3-17-16(19(2)11-14-7-8-21-12-14)18-10-13-5-4-6-15(20)9-13;/h4-6,9,14,20H,3,7-8,10-12H2,1-2H3,(H,17,18);1H. The third-order valence-corrected chi connectivity index (χ3v) is 3.57. The number of guanidine groups is 1. The largest absolute Gasteiger partial charge is 0.508 e. The van der Waals surface area contributed by atoms with Crippen molar-refractivity contribution >= 4 is 29.9 Å². The Bertz CT molecular complexity index is 476. The van der Waals surface area contributed by atoms with Crippen LogP contribution in [0.5, 0.6) is 5.75 Å². The van der Waals surface area contributed by atoms with Gasteiger partial charge in [0.2, 0.25) is 0 Å². The SMILES string of the molecule is CCNC(=NCc1cccc(O)c1)N(C)CC1CCOC1.I. The number of halogens is 1. The monoisotopic (exact) mass is 419 g/mol. The number of hydrogen-bond donors (Lipinski definition) is 2. The molecule has 22 heavy (non-hydrogen) atoms. The molecule has 0 amide bonds. The van der Waals surface area contributed by atoms with E-state index in [-0.39, 0.29) is 29.7 Å². The van der Waals surface area contributed by atoms with Gasteiger partial charge in [-0.1, -0.05) is 12.1 Å². The molecule has 5 nitrogen and oxygen atoms in total. The number of phenolic OH excluding ortho intramolecular Hbond substituents is 1. The van der Waals surface area contributed by atoms with Crippen LogP contribution in [0, 0.1) is 5.92 Å². The summed E-state index contributed by atoms with van der Waals surface area (Å²) in [4.78, 5) is 6.80. The van der Waals surface area contributed by atoms with Crippen molar-refractivity contribution < 1.29 is 9.84 Å². The maximum Gasteiger partial charge on any atom is 0.193 e. The Labute approximate surface area is 149 Å². The number of hydrogen-bond acceptors (Lipinski definition) is 3. The summed E-state index contributed by atoms with van der Waals surface area (Å²) in [5, 5.41) is 12.8. The number of rotatable bonds is 5. The first-order valence-electron chi connectivity index (χ1n) is 7.54. The molecule has 1 saturated heterocycles. The number of nitrogens with one attached hydrogen (secondary N) is 1. The van der Waals surface area contributed by atoms with Crippen molar-refractivity contribution in [2.75, 3.05) is 33.4 Å². The molecule has 1 fully saturated rings. The molecule has 1 aliphatic heterocycles. The maximum atomic E-state index is 9.49. The van der Waals surface area contributed by atoms with Crippen molar-refractivity contribution in [1.82, 2.24) is 10.2 Å². The van der Waals surface area contributed by atoms with Gasteiger partial charge in [-0.3, -0.25) is 0 Å².